The minimum absolute atomic E-state index is 0.150. The minimum atomic E-state index is -0.150. The third-order valence-electron chi connectivity index (χ3n) is 3.60. The van der Waals surface area contributed by atoms with E-state index in [2.05, 4.69) is 5.32 Å². The molecule has 2 aromatic carbocycles. The first-order valence-electron chi connectivity index (χ1n) is 7.08. The van der Waals surface area contributed by atoms with Gasteiger partial charge < -0.3 is 14.8 Å². The molecule has 4 heteroatoms. The fraction of sp³-hybridized carbons (Fsp3) is 0.294. The van der Waals surface area contributed by atoms with Gasteiger partial charge in [0.1, 0.15) is 5.82 Å². The molecule has 110 valence electrons. The average Bonchev–Trinajstić information content (AvgIpc) is 2.96. The summed E-state index contributed by atoms with van der Waals surface area (Å²) in [5.41, 5.74) is 1.79. The first-order valence-corrected chi connectivity index (χ1v) is 7.08. The molecule has 0 fully saturated rings. The lowest BCUT2D eigenvalue weighted by Gasteiger charge is -2.15. The number of ether oxygens (including phenoxy) is 2. The van der Waals surface area contributed by atoms with Crippen LogP contribution in [0.2, 0.25) is 0 Å². The lowest BCUT2D eigenvalue weighted by molar-refractivity contribution is 0.173. The lowest BCUT2D eigenvalue weighted by Crippen LogP contribution is -2.28. The van der Waals surface area contributed by atoms with Gasteiger partial charge in [0.05, 0.1) is 0 Å². The van der Waals surface area contributed by atoms with Crippen LogP contribution in [0.3, 0.4) is 0 Å². The highest BCUT2D eigenvalue weighted by molar-refractivity contribution is 5.48. The van der Waals surface area contributed by atoms with E-state index in [0.29, 0.717) is 13.0 Å². The number of halogens is 1. The van der Waals surface area contributed by atoms with Crippen molar-refractivity contribution >= 4 is 0 Å². The van der Waals surface area contributed by atoms with Crippen molar-refractivity contribution in [2.24, 2.45) is 0 Å². The van der Waals surface area contributed by atoms with Crippen LogP contribution < -0.4 is 14.8 Å². The van der Waals surface area contributed by atoms with Gasteiger partial charge >= 0.3 is 0 Å². The van der Waals surface area contributed by atoms with Gasteiger partial charge in [-0.2, -0.15) is 0 Å². The standard InChI is InChI=1S/C17H18FNO2/c1-12(9-13-5-2-3-7-15(13)18)19-10-14-6-4-8-16-17(14)21-11-20-16/h2-8,12,19H,9-11H2,1H3. The number of hydrogen-bond acceptors (Lipinski definition) is 3. The second-order valence-electron chi connectivity index (χ2n) is 5.23. The molecule has 2 aromatic rings. The zero-order valence-electron chi connectivity index (χ0n) is 11.9. The number of benzene rings is 2. The highest BCUT2D eigenvalue weighted by Crippen LogP contribution is 2.35. The fourth-order valence-electron chi connectivity index (χ4n) is 2.48. The largest absolute Gasteiger partial charge is 0.454 e. The van der Waals surface area contributed by atoms with Gasteiger partial charge in [-0.1, -0.05) is 30.3 Å². The van der Waals surface area contributed by atoms with Crippen LogP contribution in [0.4, 0.5) is 4.39 Å². The predicted octanol–water partition coefficient (Wildman–Crippen LogP) is 3.28. The van der Waals surface area contributed by atoms with Crippen LogP contribution in [-0.2, 0) is 13.0 Å². The number of hydrogen-bond donors (Lipinski definition) is 1. The van der Waals surface area contributed by atoms with Gasteiger partial charge in [0.2, 0.25) is 6.79 Å². The molecule has 1 N–H and O–H groups in total. The quantitative estimate of drug-likeness (QED) is 0.915. The van der Waals surface area contributed by atoms with Crippen molar-refractivity contribution in [3.8, 4) is 11.5 Å². The summed E-state index contributed by atoms with van der Waals surface area (Å²) >= 11 is 0. The van der Waals surface area contributed by atoms with Gasteiger partial charge in [-0.3, -0.25) is 0 Å². The zero-order valence-corrected chi connectivity index (χ0v) is 11.9. The van der Waals surface area contributed by atoms with Crippen molar-refractivity contribution in [2.45, 2.75) is 25.9 Å². The van der Waals surface area contributed by atoms with Crippen molar-refractivity contribution in [1.29, 1.82) is 0 Å². The molecular weight excluding hydrogens is 269 g/mol. The van der Waals surface area contributed by atoms with E-state index in [9.17, 15) is 4.39 Å². The van der Waals surface area contributed by atoms with Crippen molar-refractivity contribution in [3.63, 3.8) is 0 Å². The molecular formula is C17H18FNO2. The third kappa shape index (κ3) is 3.16. The summed E-state index contributed by atoms with van der Waals surface area (Å²) in [7, 11) is 0. The van der Waals surface area contributed by atoms with E-state index in [1.165, 1.54) is 6.07 Å². The maximum atomic E-state index is 13.6. The van der Waals surface area contributed by atoms with E-state index in [1.54, 1.807) is 6.07 Å². The Morgan fingerprint density at radius 1 is 1.10 bits per heavy atom. The van der Waals surface area contributed by atoms with E-state index < -0.39 is 0 Å². The highest BCUT2D eigenvalue weighted by atomic mass is 19.1. The number of para-hydroxylation sites is 1. The van der Waals surface area contributed by atoms with E-state index in [4.69, 9.17) is 9.47 Å². The first-order chi connectivity index (χ1) is 10.2. The van der Waals surface area contributed by atoms with Gasteiger partial charge in [-0.25, -0.2) is 4.39 Å². The van der Waals surface area contributed by atoms with E-state index in [-0.39, 0.29) is 18.7 Å². The van der Waals surface area contributed by atoms with Crippen LogP contribution in [0.25, 0.3) is 0 Å². The fourth-order valence-corrected chi connectivity index (χ4v) is 2.48. The van der Waals surface area contributed by atoms with Gasteiger partial charge in [0.25, 0.3) is 0 Å². The molecule has 1 aliphatic heterocycles. The molecule has 0 amide bonds. The Balaban J connectivity index is 1.61. The summed E-state index contributed by atoms with van der Waals surface area (Å²) in [5.74, 6) is 1.45. The van der Waals surface area contributed by atoms with Crippen molar-refractivity contribution in [3.05, 3.63) is 59.4 Å². The molecule has 3 rings (SSSR count). The summed E-state index contributed by atoms with van der Waals surface area (Å²) < 4.78 is 24.5. The summed E-state index contributed by atoms with van der Waals surface area (Å²) in [6.07, 6.45) is 0.652. The van der Waals surface area contributed by atoms with E-state index in [1.807, 2.05) is 37.3 Å². The Morgan fingerprint density at radius 2 is 1.90 bits per heavy atom. The van der Waals surface area contributed by atoms with Crippen molar-refractivity contribution in [1.82, 2.24) is 5.32 Å². The molecule has 1 atom stereocenters. The molecule has 0 saturated carbocycles. The number of fused-ring (bicyclic) bond motifs is 1. The van der Waals surface area contributed by atoms with Gasteiger partial charge in [0.15, 0.2) is 11.5 Å². The summed E-state index contributed by atoms with van der Waals surface area (Å²) in [4.78, 5) is 0. The van der Waals surface area contributed by atoms with Crippen LogP contribution >= 0.6 is 0 Å². The Kier molecular flexibility index (Phi) is 4.06. The smallest absolute Gasteiger partial charge is 0.231 e. The monoisotopic (exact) mass is 287 g/mol. The zero-order chi connectivity index (χ0) is 14.7. The number of rotatable bonds is 5. The molecule has 1 aliphatic rings. The van der Waals surface area contributed by atoms with Gasteiger partial charge in [0, 0.05) is 18.2 Å². The Hall–Kier alpha value is -2.07. The third-order valence-corrected chi connectivity index (χ3v) is 3.60. The normalized spacial score (nSPS) is 14.2. The molecule has 0 spiro atoms. The van der Waals surface area contributed by atoms with Gasteiger partial charge in [-0.05, 0) is 31.0 Å². The summed E-state index contributed by atoms with van der Waals surface area (Å²) in [6, 6.07) is 12.9. The number of nitrogens with one attached hydrogen (secondary N) is 1. The van der Waals surface area contributed by atoms with E-state index >= 15 is 0 Å². The predicted molar refractivity (Wildman–Crippen MR) is 79.0 cm³/mol. The lowest BCUT2D eigenvalue weighted by atomic mass is 10.1. The second kappa shape index (κ2) is 6.14. The maximum absolute atomic E-state index is 13.6. The second-order valence-corrected chi connectivity index (χ2v) is 5.23. The Bertz CT molecular complexity index is 630. The maximum Gasteiger partial charge on any atom is 0.231 e. The van der Waals surface area contributed by atoms with Crippen molar-refractivity contribution < 1.29 is 13.9 Å². The molecule has 0 saturated heterocycles. The molecule has 3 nitrogen and oxygen atoms in total. The average molecular weight is 287 g/mol. The molecule has 1 heterocycles. The Labute approximate surface area is 123 Å². The van der Waals surface area contributed by atoms with Gasteiger partial charge in [-0.15, -0.1) is 0 Å². The molecule has 0 bridgehead atoms. The van der Waals surface area contributed by atoms with Crippen LogP contribution in [0.1, 0.15) is 18.1 Å². The topological polar surface area (TPSA) is 30.5 Å². The first kappa shape index (κ1) is 13.9. The molecule has 21 heavy (non-hydrogen) atoms. The van der Waals surface area contributed by atoms with E-state index in [0.717, 1.165) is 22.6 Å². The highest BCUT2D eigenvalue weighted by Gasteiger charge is 2.17. The van der Waals surface area contributed by atoms with Crippen molar-refractivity contribution in [2.75, 3.05) is 6.79 Å². The Morgan fingerprint density at radius 3 is 2.76 bits per heavy atom. The van der Waals surface area contributed by atoms with Crippen LogP contribution in [-0.4, -0.2) is 12.8 Å². The molecule has 0 aliphatic carbocycles. The molecule has 0 aromatic heterocycles. The summed E-state index contributed by atoms with van der Waals surface area (Å²) in [5, 5.41) is 3.40. The minimum Gasteiger partial charge on any atom is -0.454 e. The molecule has 1 unspecified atom stereocenters. The van der Waals surface area contributed by atoms with Crippen LogP contribution in [0, 0.1) is 5.82 Å². The summed E-state index contributed by atoms with van der Waals surface area (Å²) in [6.45, 7) is 2.99. The molecule has 0 radical (unpaired) electrons. The SMILES string of the molecule is CC(Cc1ccccc1F)NCc1cccc2c1OCO2. The van der Waals surface area contributed by atoms with Crippen LogP contribution in [0.5, 0.6) is 11.5 Å². The van der Waals surface area contributed by atoms with Crippen LogP contribution in [0.15, 0.2) is 42.5 Å².